The standard InChI is InChI=1S/C38H42N2O2/c1-21(2)37(22(3)4)31-17-25(35(39-9)40-10)11-13-27(31)29-19-34-30(20-33(29)37)28-14-12-26(36-41-15-16-42-36)18-32(28)38(34,23(5)6)24(7)8/h11-14,17-24,35-36H,15-16H2,1-8H3. The third kappa shape index (κ3) is 3.58. The van der Waals surface area contributed by atoms with Crippen LogP contribution in [0.4, 0.5) is 0 Å². The zero-order chi connectivity index (χ0) is 30.1. The van der Waals surface area contributed by atoms with Gasteiger partial charge >= 0.3 is 6.17 Å². The summed E-state index contributed by atoms with van der Waals surface area (Å²) in [4.78, 5) is 7.27. The normalized spacial score (nSPS) is 18.0. The highest BCUT2D eigenvalue weighted by Crippen LogP contribution is 2.63. The summed E-state index contributed by atoms with van der Waals surface area (Å²) in [5.41, 5.74) is 12.2. The van der Waals surface area contributed by atoms with Gasteiger partial charge in [0.1, 0.15) is 5.56 Å². The molecular weight excluding hydrogens is 516 g/mol. The highest BCUT2D eigenvalue weighted by molar-refractivity contribution is 5.90. The van der Waals surface area contributed by atoms with E-state index in [9.17, 15) is 0 Å². The summed E-state index contributed by atoms with van der Waals surface area (Å²) in [6, 6.07) is 18.3. The van der Waals surface area contributed by atoms with Gasteiger partial charge in [0.2, 0.25) is 0 Å². The maximum absolute atomic E-state index is 7.64. The molecule has 1 saturated heterocycles. The van der Waals surface area contributed by atoms with Gasteiger partial charge in [-0.3, -0.25) is 0 Å². The Kier molecular flexibility index (Phi) is 6.88. The maximum atomic E-state index is 7.64. The molecule has 3 aromatic carbocycles. The van der Waals surface area contributed by atoms with Gasteiger partial charge < -0.3 is 9.47 Å². The molecule has 0 bridgehead atoms. The predicted octanol–water partition coefficient (Wildman–Crippen LogP) is 9.73. The molecule has 0 N–H and O–H groups in total. The Morgan fingerprint density at radius 1 is 0.595 bits per heavy atom. The van der Waals surface area contributed by atoms with Crippen LogP contribution in [0.1, 0.15) is 101 Å². The fourth-order valence-electron chi connectivity index (χ4n) is 9.16. The molecule has 0 amide bonds. The van der Waals surface area contributed by atoms with Crippen molar-refractivity contribution in [3.8, 4) is 22.3 Å². The van der Waals surface area contributed by atoms with E-state index in [0.29, 0.717) is 36.9 Å². The van der Waals surface area contributed by atoms with Crippen LogP contribution in [0.15, 0.2) is 48.5 Å². The van der Waals surface area contributed by atoms with Gasteiger partial charge in [0.25, 0.3) is 0 Å². The molecule has 42 heavy (non-hydrogen) atoms. The summed E-state index contributed by atoms with van der Waals surface area (Å²) in [7, 11) is 0. The molecule has 3 aromatic rings. The zero-order valence-electron chi connectivity index (χ0n) is 26.2. The van der Waals surface area contributed by atoms with E-state index in [-0.39, 0.29) is 17.1 Å². The van der Waals surface area contributed by atoms with Gasteiger partial charge in [-0.15, -0.1) is 0 Å². The number of benzene rings is 3. The van der Waals surface area contributed by atoms with E-state index in [0.717, 1.165) is 11.1 Å². The van der Waals surface area contributed by atoms with Crippen LogP contribution in [0.3, 0.4) is 0 Å². The Bertz CT molecular complexity index is 1610. The first kappa shape index (κ1) is 28.7. The quantitative estimate of drug-likeness (QED) is 0.282. The van der Waals surface area contributed by atoms with Crippen LogP contribution in [0.2, 0.25) is 0 Å². The average Bonchev–Trinajstić information content (AvgIpc) is 3.65. The van der Waals surface area contributed by atoms with Gasteiger partial charge in [-0.2, -0.15) is 0 Å². The lowest BCUT2D eigenvalue weighted by molar-refractivity contribution is -0.0442. The van der Waals surface area contributed by atoms with Crippen molar-refractivity contribution in [2.24, 2.45) is 23.7 Å². The van der Waals surface area contributed by atoms with Crippen LogP contribution in [0.5, 0.6) is 0 Å². The van der Waals surface area contributed by atoms with E-state index in [1.807, 2.05) is 6.07 Å². The first-order chi connectivity index (χ1) is 20.0. The minimum absolute atomic E-state index is 0.158. The lowest BCUT2D eigenvalue weighted by Gasteiger charge is -2.42. The summed E-state index contributed by atoms with van der Waals surface area (Å²) < 4.78 is 11.9. The summed E-state index contributed by atoms with van der Waals surface area (Å²) in [6.07, 6.45) is -1.10. The molecule has 0 radical (unpaired) electrons. The molecule has 1 aliphatic heterocycles. The molecule has 3 aliphatic rings. The summed E-state index contributed by atoms with van der Waals surface area (Å²) >= 11 is 0. The molecule has 0 spiro atoms. The number of hydrogen-bond donors (Lipinski definition) is 0. The average molecular weight is 559 g/mol. The fourth-order valence-corrected chi connectivity index (χ4v) is 9.16. The van der Waals surface area contributed by atoms with E-state index in [1.165, 1.54) is 44.5 Å². The number of fused-ring (bicyclic) bond motifs is 6. The Hall–Kier alpha value is -3.44. The van der Waals surface area contributed by atoms with Gasteiger partial charge in [0.05, 0.1) is 13.2 Å². The number of ether oxygens (including phenoxy) is 2. The zero-order valence-corrected chi connectivity index (χ0v) is 26.2. The van der Waals surface area contributed by atoms with Gasteiger partial charge in [0, 0.05) is 16.4 Å². The van der Waals surface area contributed by atoms with Gasteiger partial charge in [-0.05, 0) is 98.5 Å². The highest BCUT2D eigenvalue weighted by Gasteiger charge is 2.53. The van der Waals surface area contributed by atoms with E-state index < -0.39 is 6.17 Å². The molecule has 2 aliphatic carbocycles. The monoisotopic (exact) mass is 558 g/mol. The Labute approximate surface area is 251 Å². The Balaban J connectivity index is 1.67. The molecule has 4 heteroatoms. The first-order valence-electron chi connectivity index (χ1n) is 15.5. The van der Waals surface area contributed by atoms with Gasteiger partial charge in [-0.25, -0.2) is 22.8 Å². The summed E-state index contributed by atoms with van der Waals surface area (Å²) in [5.74, 6) is 1.39. The third-order valence-electron chi connectivity index (χ3n) is 10.7. The largest absolute Gasteiger partial charge is 0.502 e. The smallest absolute Gasteiger partial charge is 0.346 e. The van der Waals surface area contributed by atoms with E-state index >= 15 is 0 Å². The second kappa shape index (κ2) is 10.1. The number of hydrogen-bond acceptors (Lipinski definition) is 2. The van der Waals surface area contributed by atoms with Crippen LogP contribution in [0.25, 0.3) is 31.9 Å². The number of nitrogens with zero attached hydrogens (tertiary/aromatic N) is 2. The topological polar surface area (TPSA) is 27.2 Å². The minimum atomic E-state index is -0.801. The highest BCUT2D eigenvalue weighted by atomic mass is 16.7. The summed E-state index contributed by atoms with van der Waals surface area (Å²) in [6.45, 7) is 35.3. The number of rotatable bonds is 6. The van der Waals surface area contributed by atoms with Gasteiger partial charge in [0.15, 0.2) is 6.29 Å². The van der Waals surface area contributed by atoms with Crippen LogP contribution in [-0.4, -0.2) is 13.2 Å². The van der Waals surface area contributed by atoms with E-state index in [2.05, 4.69) is 108 Å². The minimum Gasteiger partial charge on any atom is -0.346 e. The maximum Gasteiger partial charge on any atom is 0.502 e. The fraction of sp³-hybridized carbons (Fsp3) is 0.474. The molecule has 0 aromatic heterocycles. The Morgan fingerprint density at radius 3 is 1.48 bits per heavy atom. The SMILES string of the molecule is [C-]#[N+]C([N+]#[C-])c1ccc2c(c1)C(C(C)C)(C(C)C)c1cc3c(cc1-2)C(C(C)C)(C(C)C)c1cc(C2OCCO2)ccc1-3. The molecule has 216 valence electrons. The molecule has 6 rings (SSSR count). The predicted molar refractivity (Wildman–Crippen MR) is 169 cm³/mol. The molecule has 1 fully saturated rings. The van der Waals surface area contributed by atoms with E-state index in [4.69, 9.17) is 22.6 Å². The lowest BCUT2D eigenvalue weighted by atomic mass is 9.61. The van der Waals surface area contributed by atoms with Crippen molar-refractivity contribution < 1.29 is 9.47 Å². The molecule has 0 saturated carbocycles. The first-order valence-corrected chi connectivity index (χ1v) is 15.5. The van der Waals surface area contributed by atoms with Crippen molar-refractivity contribution in [1.29, 1.82) is 0 Å². The molecular formula is C38H42N2O2. The molecule has 4 nitrogen and oxygen atoms in total. The molecule has 0 atom stereocenters. The van der Waals surface area contributed by atoms with Crippen molar-refractivity contribution in [1.82, 2.24) is 0 Å². The third-order valence-corrected chi connectivity index (χ3v) is 10.7. The second-order valence-electron chi connectivity index (χ2n) is 13.6. The van der Waals surface area contributed by atoms with Crippen molar-refractivity contribution in [3.63, 3.8) is 0 Å². The second-order valence-corrected chi connectivity index (χ2v) is 13.6. The van der Waals surface area contributed by atoms with Crippen LogP contribution in [-0.2, 0) is 20.3 Å². The Morgan fingerprint density at radius 2 is 1.02 bits per heavy atom. The summed E-state index contributed by atoms with van der Waals surface area (Å²) in [5, 5.41) is 0. The van der Waals surface area contributed by atoms with Crippen molar-refractivity contribution in [2.75, 3.05) is 13.2 Å². The van der Waals surface area contributed by atoms with Crippen molar-refractivity contribution >= 4 is 0 Å². The van der Waals surface area contributed by atoms with Crippen LogP contribution in [0, 0.1) is 36.8 Å². The van der Waals surface area contributed by atoms with E-state index in [1.54, 1.807) is 0 Å². The lowest BCUT2D eigenvalue weighted by Crippen LogP contribution is -2.38. The molecule has 0 unspecified atom stereocenters. The molecule has 1 heterocycles. The van der Waals surface area contributed by atoms with Crippen LogP contribution >= 0.6 is 0 Å². The van der Waals surface area contributed by atoms with Crippen molar-refractivity contribution in [2.45, 2.75) is 78.7 Å². The van der Waals surface area contributed by atoms with Gasteiger partial charge in [-0.1, -0.05) is 73.6 Å². The van der Waals surface area contributed by atoms with Crippen molar-refractivity contribution in [3.05, 3.63) is 105 Å². The van der Waals surface area contributed by atoms with Crippen LogP contribution < -0.4 is 0 Å².